The molecule has 364 valence electrons. The zero-order valence-corrected chi connectivity index (χ0v) is 41.5. The number of carbonyl (C=O) groups is 3. The van der Waals surface area contributed by atoms with E-state index in [0.29, 0.717) is 19.3 Å². The van der Waals surface area contributed by atoms with Gasteiger partial charge in [0.1, 0.15) is 13.2 Å². The van der Waals surface area contributed by atoms with Crippen LogP contribution in [0.15, 0.2) is 97.2 Å². The molecule has 0 heterocycles. The average molecular weight is 889 g/mol. The molecule has 0 rings (SSSR count). The molecule has 0 saturated carbocycles. The van der Waals surface area contributed by atoms with Crippen molar-refractivity contribution in [3.63, 3.8) is 0 Å². The van der Waals surface area contributed by atoms with Crippen molar-refractivity contribution in [2.45, 2.75) is 239 Å². The van der Waals surface area contributed by atoms with Crippen molar-refractivity contribution in [3.05, 3.63) is 97.2 Å². The lowest BCUT2D eigenvalue weighted by Gasteiger charge is -2.18. The van der Waals surface area contributed by atoms with Gasteiger partial charge in [0.05, 0.1) is 0 Å². The zero-order valence-electron chi connectivity index (χ0n) is 41.5. The van der Waals surface area contributed by atoms with Crippen LogP contribution in [0.5, 0.6) is 0 Å². The Morgan fingerprint density at radius 1 is 0.328 bits per heavy atom. The summed E-state index contributed by atoms with van der Waals surface area (Å²) in [6, 6.07) is 0. The van der Waals surface area contributed by atoms with Gasteiger partial charge < -0.3 is 14.2 Å². The maximum Gasteiger partial charge on any atom is 0.306 e. The number of esters is 3. The Bertz CT molecular complexity index is 1300. The van der Waals surface area contributed by atoms with E-state index in [2.05, 4.69) is 118 Å². The summed E-state index contributed by atoms with van der Waals surface area (Å²) >= 11 is 0. The SMILES string of the molecule is CC/C=C\C/C=C\C/C=C\C/C=C\C/C=C\CCCC(=O)OCC(COC(=O)CCCCCCC/C=C\CCCCC)OC(=O)CCCCCCCCC/C=C\C/C=C\CCCCC. The second-order valence-corrected chi connectivity index (χ2v) is 17.0. The molecule has 0 radical (unpaired) electrons. The number of carbonyl (C=O) groups excluding carboxylic acids is 3. The van der Waals surface area contributed by atoms with Crippen molar-refractivity contribution in [2.75, 3.05) is 13.2 Å². The average Bonchev–Trinajstić information content (AvgIpc) is 3.29. The van der Waals surface area contributed by atoms with Crippen LogP contribution in [-0.4, -0.2) is 37.2 Å². The lowest BCUT2D eigenvalue weighted by Crippen LogP contribution is -2.30. The quantitative estimate of drug-likeness (QED) is 0.0262. The van der Waals surface area contributed by atoms with E-state index in [-0.39, 0.29) is 37.5 Å². The van der Waals surface area contributed by atoms with E-state index < -0.39 is 6.10 Å². The van der Waals surface area contributed by atoms with Crippen LogP contribution in [0.1, 0.15) is 233 Å². The molecule has 0 N–H and O–H groups in total. The molecule has 0 aliphatic carbocycles. The first kappa shape index (κ1) is 60.3. The van der Waals surface area contributed by atoms with Gasteiger partial charge >= 0.3 is 17.9 Å². The first-order chi connectivity index (χ1) is 31.5. The summed E-state index contributed by atoms with van der Waals surface area (Å²) < 4.78 is 16.7. The van der Waals surface area contributed by atoms with E-state index in [9.17, 15) is 14.4 Å². The standard InChI is InChI=1S/C58H96O6/c1-4-7-10-13-16-19-22-25-27-29-31-33-36-39-42-45-48-51-57(60)63-54-55(53-62-56(59)50-47-44-41-38-35-24-21-18-15-12-9-6-3)64-58(61)52-49-46-43-40-37-34-32-30-28-26-23-20-17-14-11-8-5-2/h7,10,16-21,25-28,31,33,39,42,55H,4-6,8-9,11-15,22-24,29-30,32,34-38,40-41,43-54H2,1-3H3/b10-7-,19-16-,20-17-,21-18-,27-25-,28-26-,33-31-,42-39-. The Morgan fingerprint density at radius 3 is 1.03 bits per heavy atom. The predicted octanol–water partition coefficient (Wildman–Crippen LogP) is 17.4. The van der Waals surface area contributed by atoms with Crippen LogP contribution in [0, 0.1) is 0 Å². The van der Waals surface area contributed by atoms with Crippen molar-refractivity contribution in [2.24, 2.45) is 0 Å². The number of rotatable bonds is 46. The molecular weight excluding hydrogens is 793 g/mol. The highest BCUT2D eigenvalue weighted by molar-refractivity contribution is 5.71. The van der Waals surface area contributed by atoms with Crippen molar-refractivity contribution in [1.82, 2.24) is 0 Å². The van der Waals surface area contributed by atoms with E-state index >= 15 is 0 Å². The lowest BCUT2D eigenvalue weighted by molar-refractivity contribution is -0.167. The topological polar surface area (TPSA) is 78.9 Å². The fourth-order valence-electron chi connectivity index (χ4n) is 6.85. The maximum atomic E-state index is 12.8. The largest absolute Gasteiger partial charge is 0.462 e. The Labute approximate surface area is 394 Å². The van der Waals surface area contributed by atoms with E-state index in [1.807, 2.05) is 0 Å². The third-order valence-electron chi connectivity index (χ3n) is 10.8. The molecule has 6 heteroatoms. The second kappa shape index (κ2) is 52.0. The molecule has 6 nitrogen and oxygen atoms in total. The van der Waals surface area contributed by atoms with Gasteiger partial charge in [-0.25, -0.2) is 0 Å². The Kier molecular flexibility index (Phi) is 49.0. The highest BCUT2D eigenvalue weighted by atomic mass is 16.6. The zero-order chi connectivity index (χ0) is 46.5. The molecule has 0 aromatic rings. The van der Waals surface area contributed by atoms with Crippen LogP contribution < -0.4 is 0 Å². The first-order valence-corrected chi connectivity index (χ1v) is 26.2. The molecule has 0 aliphatic rings. The molecular formula is C58H96O6. The molecule has 0 aromatic heterocycles. The summed E-state index contributed by atoms with van der Waals surface area (Å²) in [6.07, 6.45) is 68.2. The van der Waals surface area contributed by atoms with Gasteiger partial charge in [-0.1, -0.05) is 195 Å². The van der Waals surface area contributed by atoms with E-state index in [0.717, 1.165) is 103 Å². The van der Waals surface area contributed by atoms with Gasteiger partial charge in [0.15, 0.2) is 6.10 Å². The molecule has 0 spiro atoms. The third-order valence-corrected chi connectivity index (χ3v) is 10.8. The molecule has 0 fully saturated rings. The highest BCUT2D eigenvalue weighted by Crippen LogP contribution is 2.13. The summed E-state index contributed by atoms with van der Waals surface area (Å²) in [4.78, 5) is 38.0. The summed E-state index contributed by atoms with van der Waals surface area (Å²) in [6.45, 7) is 6.40. The lowest BCUT2D eigenvalue weighted by atomic mass is 10.1. The molecule has 0 bridgehead atoms. The van der Waals surface area contributed by atoms with Crippen LogP contribution in [0.25, 0.3) is 0 Å². The minimum atomic E-state index is -0.808. The monoisotopic (exact) mass is 889 g/mol. The number of unbranched alkanes of at least 4 members (excludes halogenated alkanes) is 19. The van der Waals surface area contributed by atoms with Crippen molar-refractivity contribution >= 4 is 17.9 Å². The smallest absolute Gasteiger partial charge is 0.306 e. The van der Waals surface area contributed by atoms with Gasteiger partial charge in [-0.3, -0.25) is 14.4 Å². The number of hydrogen-bond acceptors (Lipinski definition) is 6. The maximum absolute atomic E-state index is 12.8. The summed E-state index contributed by atoms with van der Waals surface area (Å²) in [7, 11) is 0. The van der Waals surface area contributed by atoms with Gasteiger partial charge in [-0.05, 0) is 116 Å². The van der Waals surface area contributed by atoms with E-state index in [1.54, 1.807) is 0 Å². The fraction of sp³-hybridized carbons (Fsp3) is 0.672. The van der Waals surface area contributed by atoms with Crippen molar-refractivity contribution in [1.29, 1.82) is 0 Å². The Hall–Kier alpha value is -3.67. The van der Waals surface area contributed by atoms with E-state index in [1.165, 1.54) is 83.5 Å². The van der Waals surface area contributed by atoms with Crippen LogP contribution in [0.3, 0.4) is 0 Å². The van der Waals surface area contributed by atoms with Gasteiger partial charge in [-0.2, -0.15) is 0 Å². The number of hydrogen-bond donors (Lipinski definition) is 0. The van der Waals surface area contributed by atoms with Crippen LogP contribution in [0.4, 0.5) is 0 Å². The second-order valence-electron chi connectivity index (χ2n) is 17.0. The normalized spacial score (nSPS) is 12.9. The van der Waals surface area contributed by atoms with Gasteiger partial charge in [0, 0.05) is 19.3 Å². The minimum Gasteiger partial charge on any atom is -0.462 e. The Morgan fingerprint density at radius 2 is 0.625 bits per heavy atom. The Balaban J connectivity index is 4.50. The molecule has 1 atom stereocenters. The van der Waals surface area contributed by atoms with Crippen molar-refractivity contribution < 1.29 is 28.6 Å². The van der Waals surface area contributed by atoms with Gasteiger partial charge in [0.2, 0.25) is 0 Å². The summed E-state index contributed by atoms with van der Waals surface area (Å²) in [5, 5.41) is 0. The molecule has 0 amide bonds. The molecule has 0 aliphatic heterocycles. The van der Waals surface area contributed by atoms with E-state index in [4.69, 9.17) is 14.2 Å². The van der Waals surface area contributed by atoms with Crippen LogP contribution in [-0.2, 0) is 28.6 Å². The summed E-state index contributed by atoms with van der Waals surface area (Å²) in [5.74, 6) is -0.984. The highest BCUT2D eigenvalue weighted by Gasteiger charge is 2.19. The van der Waals surface area contributed by atoms with Crippen LogP contribution in [0.2, 0.25) is 0 Å². The predicted molar refractivity (Wildman–Crippen MR) is 274 cm³/mol. The molecule has 64 heavy (non-hydrogen) atoms. The molecule has 0 aromatic carbocycles. The summed E-state index contributed by atoms with van der Waals surface area (Å²) in [5.41, 5.74) is 0. The van der Waals surface area contributed by atoms with Crippen molar-refractivity contribution in [3.8, 4) is 0 Å². The first-order valence-electron chi connectivity index (χ1n) is 26.2. The molecule has 0 saturated heterocycles. The minimum absolute atomic E-state index is 0.104. The third kappa shape index (κ3) is 49.3. The van der Waals surface area contributed by atoms with Gasteiger partial charge in [0.25, 0.3) is 0 Å². The van der Waals surface area contributed by atoms with Gasteiger partial charge in [-0.15, -0.1) is 0 Å². The van der Waals surface area contributed by atoms with Crippen LogP contribution >= 0.6 is 0 Å². The number of allylic oxidation sites excluding steroid dienone is 16. The molecule has 1 unspecified atom stereocenters. The fourth-order valence-corrected chi connectivity index (χ4v) is 6.85. The number of ether oxygens (including phenoxy) is 3.